The van der Waals surface area contributed by atoms with E-state index in [1.807, 2.05) is 0 Å². The van der Waals surface area contributed by atoms with Crippen molar-refractivity contribution in [3.63, 3.8) is 0 Å². The van der Waals surface area contributed by atoms with Gasteiger partial charge in [-0.2, -0.15) is 0 Å². The maximum atomic E-state index is 13.2. The topological polar surface area (TPSA) is 66.5 Å². The summed E-state index contributed by atoms with van der Waals surface area (Å²) in [6, 6.07) is 17.8. The summed E-state index contributed by atoms with van der Waals surface area (Å²) >= 11 is 6.08. The largest absolute Gasteiger partial charge is 0.324 e. The molecule has 0 saturated carbocycles. The Morgan fingerprint density at radius 1 is 1.00 bits per heavy atom. The van der Waals surface area contributed by atoms with Crippen LogP contribution in [0, 0.1) is 12.7 Å². The molecule has 1 N–H and O–H groups in total. The Labute approximate surface area is 173 Å². The van der Waals surface area contributed by atoms with Crippen LogP contribution in [0.5, 0.6) is 0 Å². The van der Waals surface area contributed by atoms with Crippen LogP contribution in [-0.2, 0) is 14.8 Å². The molecule has 150 valence electrons. The van der Waals surface area contributed by atoms with Gasteiger partial charge in [0.1, 0.15) is 12.4 Å². The molecule has 0 saturated heterocycles. The third-order valence-electron chi connectivity index (χ3n) is 4.27. The fraction of sp³-hybridized carbons (Fsp3) is 0.0952. The zero-order valence-corrected chi connectivity index (χ0v) is 17.0. The molecule has 0 fully saturated rings. The number of nitrogens with zero attached hydrogens (tertiary/aromatic N) is 1. The number of anilines is 2. The van der Waals surface area contributed by atoms with Gasteiger partial charge < -0.3 is 5.32 Å². The fourth-order valence-electron chi connectivity index (χ4n) is 2.71. The second-order valence-electron chi connectivity index (χ2n) is 6.26. The van der Waals surface area contributed by atoms with E-state index in [1.54, 1.807) is 55.5 Å². The van der Waals surface area contributed by atoms with E-state index in [-0.39, 0.29) is 4.90 Å². The Bertz CT molecular complexity index is 1120. The van der Waals surface area contributed by atoms with E-state index in [9.17, 15) is 17.6 Å². The molecule has 0 aliphatic heterocycles. The fourth-order valence-corrected chi connectivity index (χ4v) is 4.30. The van der Waals surface area contributed by atoms with Gasteiger partial charge >= 0.3 is 0 Å². The number of benzene rings is 3. The number of halogens is 2. The molecule has 3 aromatic rings. The van der Waals surface area contributed by atoms with Gasteiger partial charge in [0.2, 0.25) is 5.91 Å². The van der Waals surface area contributed by atoms with Crippen LogP contribution in [-0.4, -0.2) is 20.9 Å². The lowest BCUT2D eigenvalue weighted by Crippen LogP contribution is -2.38. The standard InChI is InChI=1S/C21H18ClFN2O3S/c1-15-19(22)8-5-9-20(15)24-21(26)14-25(17-6-3-2-4-7-17)29(27,28)18-12-10-16(23)11-13-18/h2-13H,14H2,1H3,(H,24,26). The lowest BCUT2D eigenvalue weighted by Gasteiger charge is -2.24. The van der Waals surface area contributed by atoms with Gasteiger partial charge in [0, 0.05) is 10.7 Å². The van der Waals surface area contributed by atoms with Crippen molar-refractivity contribution in [1.82, 2.24) is 0 Å². The summed E-state index contributed by atoms with van der Waals surface area (Å²) in [6.07, 6.45) is 0. The summed E-state index contributed by atoms with van der Waals surface area (Å²) in [6.45, 7) is 1.29. The molecule has 5 nitrogen and oxygen atoms in total. The molecular formula is C21H18ClFN2O3S. The Morgan fingerprint density at radius 2 is 1.66 bits per heavy atom. The SMILES string of the molecule is Cc1c(Cl)cccc1NC(=O)CN(c1ccccc1)S(=O)(=O)c1ccc(F)cc1. The minimum Gasteiger partial charge on any atom is -0.324 e. The van der Waals surface area contributed by atoms with Crippen LogP contribution in [0.2, 0.25) is 5.02 Å². The first kappa shape index (κ1) is 20.8. The molecule has 0 spiro atoms. The van der Waals surface area contributed by atoms with Crippen LogP contribution in [0.4, 0.5) is 15.8 Å². The van der Waals surface area contributed by atoms with Gasteiger partial charge in [-0.1, -0.05) is 35.9 Å². The summed E-state index contributed by atoms with van der Waals surface area (Å²) in [5.41, 5.74) is 1.49. The Morgan fingerprint density at radius 3 is 2.31 bits per heavy atom. The van der Waals surface area contributed by atoms with E-state index in [0.29, 0.717) is 22.0 Å². The Balaban J connectivity index is 1.93. The summed E-state index contributed by atoms with van der Waals surface area (Å²) in [5, 5.41) is 3.18. The molecule has 8 heteroatoms. The molecular weight excluding hydrogens is 415 g/mol. The molecule has 0 heterocycles. The second kappa shape index (κ2) is 8.63. The van der Waals surface area contributed by atoms with Crippen LogP contribution in [0.25, 0.3) is 0 Å². The van der Waals surface area contributed by atoms with E-state index >= 15 is 0 Å². The predicted octanol–water partition coefficient (Wildman–Crippen LogP) is 4.62. The summed E-state index contributed by atoms with van der Waals surface area (Å²) < 4.78 is 40.5. The van der Waals surface area contributed by atoms with E-state index in [2.05, 4.69) is 5.32 Å². The molecule has 0 unspecified atom stereocenters. The lowest BCUT2D eigenvalue weighted by atomic mass is 10.2. The maximum absolute atomic E-state index is 13.2. The minimum absolute atomic E-state index is 0.116. The predicted molar refractivity (Wildman–Crippen MR) is 112 cm³/mol. The molecule has 29 heavy (non-hydrogen) atoms. The van der Waals surface area contributed by atoms with Crippen molar-refractivity contribution >= 4 is 38.9 Å². The van der Waals surface area contributed by atoms with Crippen molar-refractivity contribution in [3.05, 3.63) is 89.2 Å². The maximum Gasteiger partial charge on any atom is 0.264 e. The van der Waals surface area contributed by atoms with Gasteiger partial charge in [-0.3, -0.25) is 9.10 Å². The summed E-state index contributed by atoms with van der Waals surface area (Å²) in [4.78, 5) is 12.6. The Hall–Kier alpha value is -2.90. The van der Waals surface area contributed by atoms with Crippen LogP contribution >= 0.6 is 11.6 Å². The molecule has 0 bridgehead atoms. The number of para-hydroxylation sites is 1. The van der Waals surface area contributed by atoms with E-state index in [1.165, 1.54) is 12.1 Å². The first-order chi connectivity index (χ1) is 13.8. The molecule has 0 radical (unpaired) electrons. The highest BCUT2D eigenvalue weighted by Crippen LogP contribution is 2.25. The number of hydrogen-bond donors (Lipinski definition) is 1. The number of nitrogens with one attached hydrogen (secondary N) is 1. The highest BCUT2D eigenvalue weighted by atomic mass is 35.5. The zero-order valence-electron chi connectivity index (χ0n) is 15.5. The first-order valence-electron chi connectivity index (χ1n) is 8.67. The van der Waals surface area contributed by atoms with E-state index < -0.39 is 28.3 Å². The van der Waals surface area contributed by atoms with Crippen molar-refractivity contribution in [1.29, 1.82) is 0 Å². The second-order valence-corrected chi connectivity index (χ2v) is 8.53. The molecule has 3 rings (SSSR count). The molecule has 3 aromatic carbocycles. The monoisotopic (exact) mass is 432 g/mol. The van der Waals surface area contributed by atoms with Gasteiger partial charge in [0.25, 0.3) is 10.0 Å². The van der Waals surface area contributed by atoms with Gasteiger partial charge in [0.15, 0.2) is 0 Å². The van der Waals surface area contributed by atoms with Gasteiger partial charge in [-0.15, -0.1) is 0 Å². The molecule has 1 amide bonds. The van der Waals surface area contributed by atoms with Crippen LogP contribution in [0.15, 0.2) is 77.7 Å². The van der Waals surface area contributed by atoms with Crippen molar-refractivity contribution < 1.29 is 17.6 Å². The van der Waals surface area contributed by atoms with Crippen LogP contribution < -0.4 is 9.62 Å². The number of carbonyl (C=O) groups excluding carboxylic acids is 1. The van der Waals surface area contributed by atoms with Crippen molar-refractivity contribution in [2.75, 3.05) is 16.2 Å². The lowest BCUT2D eigenvalue weighted by molar-refractivity contribution is -0.114. The normalized spacial score (nSPS) is 11.1. The number of rotatable bonds is 6. The van der Waals surface area contributed by atoms with Crippen LogP contribution in [0.1, 0.15) is 5.56 Å². The quantitative estimate of drug-likeness (QED) is 0.618. The summed E-state index contributed by atoms with van der Waals surface area (Å²) in [5.74, 6) is -1.09. The number of hydrogen-bond acceptors (Lipinski definition) is 3. The van der Waals surface area contributed by atoms with Crippen molar-refractivity contribution in [2.24, 2.45) is 0 Å². The molecule has 0 aliphatic rings. The van der Waals surface area contributed by atoms with Gasteiger partial charge in [-0.25, -0.2) is 12.8 Å². The molecule has 0 aliphatic carbocycles. The highest BCUT2D eigenvalue weighted by molar-refractivity contribution is 7.92. The molecule has 0 aromatic heterocycles. The smallest absolute Gasteiger partial charge is 0.264 e. The Kier molecular flexibility index (Phi) is 6.20. The third kappa shape index (κ3) is 4.75. The number of carbonyl (C=O) groups is 1. The zero-order chi connectivity index (χ0) is 21.0. The van der Waals surface area contributed by atoms with Crippen molar-refractivity contribution in [2.45, 2.75) is 11.8 Å². The minimum atomic E-state index is -4.10. The third-order valence-corrected chi connectivity index (χ3v) is 6.47. The van der Waals surface area contributed by atoms with Crippen molar-refractivity contribution in [3.8, 4) is 0 Å². The first-order valence-corrected chi connectivity index (χ1v) is 10.5. The van der Waals surface area contributed by atoms with Crippen LogP contribution in [0.3, 0.4) is 0 Å². The average molecular weight is 433 g/mol. The highest BCUT2D eigenvalue weighted by Gasteiger charge is 2.27. The van der Waals surface area contributed by atoms with Gasteiger partial charge in [-0.05, 0) is 61.0 Å². The number of sulfonamides is 1. The van der Waals surface area contributed by atoms with Gasteiger partial charge in [0.05, 0.1) is 10.6 Å². The van der Waals surface area contributed by atoms with E-state index in [4.69, 9.17) is 11.6 Å². The average Bonchev–Trinajstić information content (AvgIpc) is 2.70. The number of amides is 1. The summed E-state index contributed by atoms with van der Waals surface area (Å²) in [7, 11) is -4.10. The van der Waals surface area contributed by atoms with E-state index in [0.717, 1.165) is 16.4 Å². The molecule has 0 atom stereocenters.